The summed E-state index contributed by atoms with van der Waals surface area (Å²) in [5.74, 6) is -1.45. The molecule has 0 heterocycles. The van der Waals surface area contributed by atoms with Gasteiger partial charge in [0.15, 0.2) is 0 Å². The molecule has 4 N–H and O–H groups in total. The van der Waals surface area contributed by atoms with Crippen LogP contribution in [0, 0.1) is 0 Å². The van der Waals surface area contributed by atoms with E-state index in [9.17, 15) is 28.0 Å². The number of amides is 1. The molecule has 0 aromatic rings. The van der Waals surface area contributed by atoms with Crippen molar-refractivity contribution >= 4 is 16.0 Å². The molecule has 38 heavy (non-hydrogen) atoms. The Balaban J connectivity index is 4.10. The fourth-order valence-corrected chi connectivity index (χ4v) is 5.69. The first kappa shape index (κ1) is 37.3. The summed E-state index contributed by atoms with van der Waals surface area (Å²) in [5.41, 5.74) is 0. The van der Waals surface area contributed by atoms with E-state index < -0.39 is 40.0 Å². The monoisotopic (exact) mass is 563 g/mol. The van der Waals surface area contributed by atoms with E-state index in [1.807, 2.05) is 0 Å². The molecule has 0 radical (unpaired) electrons. The molecule has 0 aromatic heterocycles. The van der Waals surface area contributed by atoms with Gasteiger partial charge in [0.2, 0.25) is 5.91 Å². The number of hydrogen-bond donors (Lipinski definition) is 4. The van der Waals surface area contributed by atoms with Gasteiger partial charge in [0.25, 0.3) is 10.1 Å². The summed E-state index contributed by atoms with van der Waals surface area (Å²) in [6, 6.07) is -1.14. The van der Waals surface area contributed by atoms with Crippen LogP contribution in [0.15, 0.2) is 0 Å². The molecule has 0 saturated heterocycles. The minimum Gasteiger partial charge on any atom is -0.391 e. The highest BCUT2D eigenvalue weighted by Crippen LogP contribution is 2.15. The Bertz CT molecular complexity index is 643. The van der Waals surface area contributed by atoms with Crippen molar-refractivity contribution in [3.63, 3.8) is 0 Å². The first-order chi connectivity index (χ1) is 18.2. The molecule has 0 aliphatic rings. The number of aliphatic hydroxyl groups is 2. The third kappa shape index (κ3) is 24.3. The van der Waals surface area contributed by atoms with Crippen LogP contribution < -0.4 is 5.32 Å². The molecule has 0 aliphatic heterocycles. The third-order valence-electron chi connectivity index (χ3n) is 7.42. The van der Waals surface area contributed by atoms with Gasteiger partial charge in [-0.3, -0.25) is 9.35 Å². The van der Waals surface area contributed by atoms with Crippen molar-refractivity contribution < 1.29 is 28.0 Å². The molecule has 0 aliphatic carbocycles. The maximum atomic E-state index is 12.4. The Morgan fingerprint density at radius 1 is 0.605 bits per heavy atom. The van der Waals surface area contributed by atoms with Crippen LogP contribution in [0.1, 0.15) is 162 Å². The van der Waals surface area contributed by atoms with Crippen LogP contribution in [0.25, 0.3) is 0 Å². The van der Waals surface area contributed by atoms with Gasteiger partial charge >= 0.3 is 0 Å². The van der Waals surface area contributed by atoms with Crippen molar-refractivity contribution in [3.05, 3.63) is 0 Å². The lowest BCUT2D eigenvalue weighted by atomic mass is 10.0. The maximum Gasteiger partial charge on any atom is 0.266 e. The van der Waals surface area contributed by atoms with Crippen molar-refractivity contribution in [3.8, 4) is 0 Å². The SMILES string of the molecule is CCCCCCCCCCCCCCCC(O)C(=O)NC(CS(=O)(=O)O)C(O)CCCCCCCCCC. The van der Waals surface area contributed by atoms with E-state index in [1.54, 1.807) is 0 Å². The zero-order valence-corrected chi connectivity index (χ0v) is 25.5. The van der Waals surface area contributed by atoms with Crippen LogP contribution in [-0.4, -0.2) is 53.1 Å². The second kappa shape index (κ2) is 25.3. The number of rotatable bonds is 28. The van der Waals surface area contributed by atoms with Gasteiger partial charge in [-0.2, -0.15) is 8.42 Å². The number of nitrogens with one attached hydrogen (secondary N) is 1. The van der Waals surface area contributed by atoms with Crippen molar-refractivity contribution in [2.45, 2.75) is 180 Å². The van der Waals surface area contributed by atoms with Crippen molar-refractivity contribution in [2.24, 2.45) is 0 Å². The largest absolute Gasteiger partial charge is 0.391 e. The number of hydrogen-bond acceptors (Lipinski definition) is 5. The van der Waals surface area contributed by atoms with Crippen LogP contribution in [0.4, 0.5) is 0 Å². The van der Waals surface area contributed by atoms with Gasteiger partial charge in [-0.05, 0) is 12.8 Å². The van der Waals surface area contributed by atoms with Gasteiger partial charge in [0, 0.05) is 0 Å². The number of unbranched alkanes of at least 4 members (excludes halogenated alkanes) is 19. The number of carbonyl (C=O) groups is 1. The average Bonchev–Trinajstić information content (AvgIpc) is 2.86. The lowest BCUT2D eigenvalue weighted by molar-refractivity contribution is -0.131. The Morgan fingerprint density at radius 3 is 1.32 bits per heavy atom. The molecule has 0 spiro atoms. The Kier molecular flexibility index (Phi) is 24.8. The Hall–Kier alpha value is -0.700. The second-order valence-corrected chi connectivity index (χ2v) is 12.7. The lowest BCUT2D eigenvalue weighted by Gasteiger charge is -2.24. The third-order valence-corrected chi connectivity index (χ3v) is 8.20. The summed E-state index contributed by atoms with van der Waals surface area (Å²) in [7, 11) is -4.39. The maximum absolute atomic E-state index is 12.4. The van der Waals surface area contributed by atoms with Crippen LogP contribution in [0.5, 0.6) is 0 Å². The van der Waals surface area contributed by atoms with Crippen molar-refractivity contribution in [1.82, 2.24) is 5.32 Å². The van der Waals surface area contributed by atoms with Gasteiger partial charge in [-0.15, -0.1) is 0 Å². The highest BCUT2D eigenvalue weighted by molar-refractivity contribution is 7.85. The smallest absolute Gasteiger partial charge is 0.266 e. The van der Waals surface area contributed by atoms with E-state index in [2.05, 4.69) is 19.2 Å². The van der Waals surface area contributed by atoms with Gasteiger partial charge in [0.1, 0.15) is 6.10 Å². The molecular formula is C30H61NO6S. The highest BCUT2D eigenvalue weighted by Gasteiger charge is 2.28. The topological polar surface area (TPSA) is 124 Å². The Morgan fingerprint density at radius 2 is 0.947 bits per heavy atom. The van der Waals surface area contributed by atoms with Crippen molar-refractivity contribution in [1.29, 1.82) is 0 Å². The second-order valence-electron chi connectivity index (χ2n) is 11.2. The Labute approximate surface area is 234 Å². The predicted octanol–water partition coefficient (Wildman–Crippen LogP) is 7.09. The molecule has 1 amide bonds. The number of aliphatic hydroxyl groups excluding tert-OH is 2. The van der Waals surface area contributed by atoms with E-state index in [-0.39, 0.29) is 0 Å². The molecule has 0 bridgehead atoms. The summed E-state index contributed by atoms with van der Waals surface area (Å²) >= 11 is 0. The van der Waals surface area contributed by atoms with Crippen LogP contribution in [0.3, 0.4) is 0 Å². The quantitative estimate of drug-likeness (QED) is 0.0595. The van der Waals surface area contributed by atoms with Crippen LogP contribution in [-0.2, 0) is 14.9 Å². The van der Waals surface area contributed by atoms with Gasteiger partial charge in [-0.25, -0.2) is 0 Å². The average molecular weight is 564 g/mol. The molecule has 7 nitrogen and oxygen atoms in total. The van der Waals surface area contributed by atoms with E-state index in [0.29, 0.717) is 19.3 Å². The van der Waals surface area contributed by atoms with E-state index in [1.165, 1.54) is 89.9 Å². The minimum atomic E-state index is -4.39. The van der Waals surface area contributed by atoms with Crippen LogP contribution in [0.2, 0.25) is 0 Å². The standard InChI is InChI=1S/C30H61NO6S/c1-3-5-7-9-11-13-14-15-16-17-19-21-23-25-29(33)30(34)31-27(26-38(35,36)37)28(32)24-22-20-18-12-10-8-6-4-2/h27-29,32-33H,3-26H2,1-2H3,(H,31,34)(H,35,36,37). The van der Waals surface area contributed by atoms with Gasteiger partial charge in [-0.1, -0.05) is 149 Å². The lowest BCUT2D eigenvalue weighted by Crippen LogP contribution is -2.50. The number of carbonyl (C=O) groups excluding carboxylic acids is 1. The van der Waals surface area contributed by atoms with Gasteiger partial charge in [0.05, 0.1) is 17.9 Å². The molecule has 0 saturated carbocycles. The summed E-state index contributed by atoms with van der Waals surface area (Å²) in [6.45, 7) is 4.42. The van der Waals surface area contributed by atoms with E-state index in [4.69, 9.17) is 0 Å². The molecule has 0 rings (SSSR count). The van der Waals surface area contributed by atoms with E-state index in [0.717, 1.165) is 38.5 Å². The first-order valence-corrected chi connectivity index (χ1v) is 17.4. The van der Waals surface area contributed by atoms with Crippen molar-refractivity contribution in [2.75, 3.05) is 5.75 Å². The summed E-state index contributed by atoms with van der Waals surface area (Å²) < 4.78 is 32.2. The van der Waals surface area contributed by atoms with E-state index >= 15 is 0 Å². The molecule has 3 atom stereocenters. The highest BCUT2D eigenvalue weighted by atomic mass is 32.2. The molecular weight excluding hydrogens is 502 g/mol. The molecule has 3 unspecified atom stereocenters. The predicted molar refractivity (Wildman–Crippen MR) is 158 cm³/mol. The zero-order chi connectivity index (χ0) is 28.5. The summed E-state index contributed by atoms with van der Waals surface area (Å²) in [6.07, 6.45) is 22.8. The summed E-state index contributed by atoms with van der Waals surface area (Å²) in [4.78, 5) is 12.4. The fraction of sp³-hybridized carbons (Fsp3) is 0.967. The van der Waals surface area contributed by atoms with Gasteiger partial charge < -0.3 is 15.5 Å². The molecule has 228 valence electrons. The minimum absolute atomic E-state index is 0.302. The van der Waals surface area contributed by atoms with Crippen LogP contribution >= 0.6 is 0 Å². The summed E-state index contributed by atoms with van der Waals surface area (Å²) in [5, 5.41) is 23.2. The normalized spacial score (nSPS) is 14.3. The molecule has 8 heteroatoms. The zero-order valence-electron chi connectivity index (χ0n) is 24.7. The first-order valence-electron chi connectivity index (χ1n) is 15.8. The molecule has 0 fully saturated rings. The molecule has 0 aromatic carbocycles. The fourth-order valence-electron chi connectivity index (χ4n) is 4.93.